The maximum Gasteiger partial charge on any atom is -0.0000952 e. The molecule has 1 aromatic rings. The quantitative estimate of drug-likeness (QED) is 0.615. The Morgan fingerprint density at radius 1 is 1.20 bits per heavy atom. The summed E-state index contributed by atoms with van der Waals surface area (Å²) in [5, 5.41) is 0. The summed E-state index contributed by atoms with van der Waals surface area (Å²) >= 11 is 0. The molecule has 76 valence electrons. The van der Waals surface area contributed by atoms with Crippen molar-refractivity contribution in [2.75, 3.05) is 0 Å². The molecule has 0 heterocycles. The van der Waals surface area contributed by atoms with Gasteiger partial charge in [-0.1, -0.05) is 61.6 Å². The maximum atomic E-state index is 2.26. The van der Waals surface area contributed by atoms with Gasteiger partial charge in [-0.25, -0.2) is 0 Å². The van der Waals surface area contributed by atoms with E-state index in [-0.39, 0.29) is 0 Å². The van der Waals surface area contributed by atoms with Crippen LogP contribution in [0.3, 0.4) is 0 Å². The van der Waals surface area contributed by atoms with E-state index in [0.29, 0.717) is 5.92 Å². The molecule has 15 heavy (non-hydrogen) atoms. The van der Waals surface area contributed by atoms with Gasteiger partial charge < -0.3 is 0 Å². The molecule has 1 atom stereocenters. The summed E-state index contributed by atoms with van der Waals surface area (Å²) < 4.78 is 0. The lowest BCUT2D eigenvalue weighted by Crippen LogP contribution is -1.88. The highest BCUT2D eigenvalue weighted by atomic mass is 14.2. The van der Waals surface area contributed by atoms with Crippen LogP contribution in [0.2, 0.25) is 0 Å². The molecule has 0 amide bonds. The number of hydrogen-bond acceptors (Lipinski definition) is 0. The zero-order chi connectivity index (χ0) is 10.7. The number of rotatable bonds is 2. The van der Waals surface area contributed by atoms with E-state index in [0.717, 1.165) is 0 Å². The van der Waals surface area contributed by atoms with Gasteiger partial charge in [0.1, 0.15) is 0 Å². The van der Waals surface area contributed by atoms with E-state index in [9.17, 15) is 0 Å². The van der Waals surface area contributed by atoms with Crippen LogP contribution >= 0.6 is 0 Å². The summed E-state index contributed by atoms with van der Waals surface area (Å²) in [5.41, 5.74) is 4.13. The summed E-state index contributed by atoms with van der Waals surface area (Å²) in [6.45, 7) is 4.27. The first-order valence-electron chi connectivity index (χ1n) is 5.43. The third kappa shape index (κ3) is 1.94. The van der Waals surface area contributed by atoms with Crippen LogP contribution in [0.4, 0.5) is 0 Å². The number of allylic oxidation sites excluding steroid dienone is 4. The lowest BCUT2D eigenvalue weighted by molar-refractivity contribution is 0.990. The Morgan fingerprint density at radius 3 is 2.87 bits per heavy atom. The molecule has 0 spiro atoms. The van der Waals surface area contributed by atoms with Crippen molar-refractivity contribution in [1.82, 2.24) is 0 Å². The van der Waals surface area contributed by atoms with Gasteiger partial charge >= 0.3 is 0 Å². The predicted molar refractivity (Wildman–Crippen MR) is 67.7 cm³/mol. The van der Waals surface area contributed by atoms with Crippen LogP contribution in [-0.4, -0.2) is 0 Å². The lowest BCUT2D eigenvalue weighted by atomic mass is 9.98. The lowest BCUT2D eigenvalue weighted by Gasteiger charge is -2.06. The fourth-order valence-corrected chi connectivity index (χ4v) is 1.95. The van der Waals surface area contributed by atoms with Gasteiger partial charge in [-0.2, -0.15) is 0 Å². The molecule has 0 aromatic heterocycles. The SMILES string of the molecule is C/C=C/C=C\c1cccc2c1C=C[C@H]2C. The first kappa shape index (κ1) is 9.97. The van der Waals surface area contributed by atoms with E-state index in [1.807, 2.05) is 13.0 Å². The van der Waals surface area contributed by atoms with Crippen LogP contribution in [0.5, 0.6) is 0 Å². The fraction of sp³-hybridized carbons (Fsp3) is 0.200. The van der Waals surface area contributed by atoms with Crippen LogP contribution in [0.1, 0.15) is 36.5 Å². The van der Waals surface area contributed by atoms with Crippen LogP contribution < -0.4 is 0 Å². The highest BCUT2D eigenvalue weighted by Crippen LogP contribution is 2.32. The second-order valence-electron chi connectivity index (χ2n) is 3.88. The monoisotopic (exact) mass is 196 g/mol. The highest BCUT2D eigenvalue weighted by Gasteiger charge is 2.13. The number of benzene rings is 1. The van der Waals surface area contributed by atoms with Gasteiger partial charge in [0, 0.05) is 0 Å². The largest absolute Gasteiger partial charge is 0.0877 e. The summed E-state index contributed by atoms with van der Waals surface area (Å²) in [6, 6.07) is 6.52. The molecule has 0 saturated carbocycles. The highest BCUT2D eigenvalue weighted by molar-refractivity contribution is 5.72. The topological polar surface area (TPSA) is 0 Å². The van der Waals surface area contributed by atoms with Crippen molar-refractivity contribution in [3.8, 4) is 0 Å². The molecule has 0 fully saturated rings. The zero-order valence-electron chi connectivity index (χ0n) is 9.27. The average molecular weight is 196 g/mol. The Morgan fingerprint density at radius 2 is 2.07 bits per heavy atom. The Labute approximate surface area is 91.6 Å². The molecule has 0 nitrogen and oxygen atoms in total. The molecule has 0 heteroatoms. The Balaban J connectivity index is 2.38. The van der Waals surface area contributed by atoms with E-state index < -0.39 is 0 Å². The van der Waals surface area contributed by atoms with Gasteiger partial charge in [0.2, 0.25) is 0 Å². The molecule has 1 aliphatic rings. The smallest absolute Gasteiger partial charge is 0.0000952 e. The van der Waals surface area contributed by atoms with Gasteiger partial charge in [0.25, 0.3) is 0 Å². The Bertz CT molecular complexity index is 433. The molecule has 0 bridgehead atoms. The molecule has 0 N–H and O–H groups in total. The summed E-state index contributed by atoms with van der Waals surface area (Å²) in [5.74, 6) is 0.565. The van der Waals surface area contributed by atoms with Crippen molar-refractivity contribution in [1.29, 1.82) is 0 Å². The summed E-state index contributed by atoms with van der Waals surface area (Å²) in [6.07, 6.45) is 12.8. The van der Waals surface area contributed by atoms with Crippen molar-refractivity contribution < 1.29 is 0 Å². The minimum atomic E-state index is 0.565. The van der Waals surface area contributed by atoms with E-state index in [4.69, 9.17) is 0 Å². The standard InChI is InChI=1S/C15H16/c1-3-4-5-7-13-8-6-9-14-12(2)10-11-15(13)14/h3-12H,1-2H3/b4-3+,7-5-/t12-/m1/s1. The van der Waals surface area contributed by atoms with Crippen molar-refractivity contribution in [3.63, 3.8) is 0 Å². The summed E-state index contributed by atoms with van der Waals surface area (Å²) in [7, 11) is 0. The normalized spacial score (nSPS) is 19.2. The molecular weight excluding hydrogens is 180 g/mol. The van der Waals surface area contributed by atoms with Crippen LogP contribution in [-0.2, 0) is 0 Å². The van der Waals surface area contributed by atoms with Crippen molar-refractivity contribution in [2.24, 2.45) is 0 Å². The molecule has 0 saturated heterocycles. The van der Waals surface area contributed by atoms with Crippen LogP contribution in [0.25, 0.3) is 12.2 Å². The van der Waals surface area contributed by atoms with Gasteiger partial charge in [0.05, 0.1) is 0 Å². The number of fused-ring (bicyclic) bond motifs is 1. The molecule has 1 aliphatic carbocycles. The first-order valence-corrected chi connectivity index (χ1v) is 5.43. The Kier molecular flexibility index (Phi) is 2.86. The van der Waals surface area contributed by atoms with Crippen molar-refractivity contribution >= 4 is 12.2 Å². The Hall–Kier alpha value is -1.56. The van der Waals surface area contributed by atoms with Crippen molar-refractivity contribution in [3.05, 3.63) is 59.2 Å². The molecule has 0 aliphatic heterocycles. The molecular formula is C15H16. The van der Waals surface area contributed by atoms with E-state index in [2.05, 4.69) is 55.5 Å². The zero-order valence-corrected chi connectivity index (χ0v) is 9.27. The third-order valence-corrected chi connectivity index (χ3v) is 2.80. The maximum absolute atomic E-state index is 2.26. The van der Waals surface area contributed by atoms with Gasteiger partial charge in [-0.15, -0.1) is 0 Å². The predicted octanol–water partition coefficient (Wildman–Crippen LogP) is 4.41. The van der Waals surface area contributed by atoms with Gasteiger partial charge in [0.15, 0.2) is 0 Å². The van der Waals surface area contributed by atoms with Crippen molar-refractivity contribution in [2.45, 2.75) is 19.8 Å². The average Bonchev–Trinajstić information content (AvgIpc) is 2.62. The van der Waals surface area contributed by atoms with E-state index in [1.54, 1.807) is 0 Å². The van der Waals surface area contributed by atoms with Gasteiger partial charge in [-0.05, 0) is 29.5 Å². The second-order valence-corrected chi connectivity index (χ2v) is 3.88. The molecule has 2 rings (SSSR count). The van der Waals surface area contributed by atoms with Gasteiger partial charge in [-0.3, -0.25) is 0 Å². The first-order chi connectivity index (χ1) is 7.33. The van der Waals surface area contributed by atoms with Crippen LogP contribution in [0, 0.1) is 0 Å². The fourth-order valence-electron chi connectivity index (χ4n) is 1.95. The molecule has 0 radical (unpaired) electrons. The molecule has 1 aromatic carbocycles. The van der Waals surface area contributed by atoms with Crippen LogP contribution in [0.15, 0.2) is 42.5 Å². The number of hydrogen-bond donors (Lipinski definition) is 0. The second kappa shape index (κ2) is 4.31. The minimum Gasteiger partial charge on any atom is -0.0877 e. The minimum absolute atomic E-state index is 0.565. The third-order valence-electron chi connectivity index (χ3n) is 2.80. The summed E-state index contributed by atoms with van der Waals surface area (Å²) in [4.78, 5) is 0. The van der Waals surface area contributed by atoms with E-state index >= 15 is 0 Å². The van der Waals surface area contributed by atoms with E-state index in [1.165, 1.54) is 16.7 Å². The molecule has 0 unspecified atom stereocenters.